The van der Waals surface area contributed by atoms with E-state index in [-0.39, 0.29) is 23.7 Å². The van der Waals surface area contributed by atoms with Crippen LogP contribution in [0, 0.1) is 11.8 Å². The Morgan fingerprint density at radius 2 is 1.11 bits per heavy atom. The smallest absolute Gasteiger partial charge is 0.226 e. The molecule has 0 aromatic heterocycles. The summed E-state index contributed by atoms with van der Waals surface area (Å²) in [6.07, 6.45) is 0.675. The number of carbonyl (C=O) groups is 2. The van der Waals surface area contributed by atoms with Crippen molar-refractivity contribution in [1.29, 1.82) is 0 Å². The number of rotatable bonds is 8. The molecular formula is C23H28N2O2. The van der Waals surface area contributed by atoms with Crippen LogP contribution < -0.4 is 0 Å². The van der Waals surface area contributed by atoms with Crippen molar-refractivity contribution in [3.8, 4) is 0 Å². The Kier molecular flexibility index (Phi) is 6.28. The summed E-state index contributed by atoms with van der Waals surface area (Å²) in [5.74, 6) is -0.108. The van der Waals surface area contributed by atoms with Gasteiger partial charge in [-0.25, -0.2) is 0 Å². The molecule has 27 heavy (non-hydrogen) atoms. The molecule has 142 valence electrons. The Bertz CT molecular complexity index is 695. The fourth-order valence-electron chi connectivity index (χ4n) is 3.51. The van der Waals surface area contributed by atoms with Crippen LogP contribution in [0.25, 0.3) is 0 Å². The zero-order valence-corrected chi connectivity index (χ0v) is 16.2. The summed E-state index contributed by atoms with van der Waals surface area (Å²) in [5, 5.41) is 0. The van der Waals surface area contributed by atoms with E-state index >= 15 is 0 Å². The molecular weight excluding hydrogens is 336 g/mol. The predicted molar refractivity (Wildman–Crippen MR) is 107 cm³/mol. The van der Waals surface area contributed by atoms with Gasteiger partial charge in [-0.1, -0.05) is 60.7 Å². The van der Waals surface area contributed by atoms with Crippen LogP contribution in [0.1, 0.15) is 31.4 Å². The van der Waals surface area contributed by atoms with Crippen LogP contribution >= 0.6 is 0 Å². The van der Waals surface area contributed by atoms with Crippen molar-refractivity contribution in [1.82, 2.24) is 9.80 Å². The SMILES string of the molecule is CCN(Cc1ccccc1)C(=O)C1CC1C(=O)N(CC)Cc1ccccc1. The minimum absolute atomic E-state index is 0.107. The van der Waals surface area contributed by atoms with E-state index in [0.717, 1.165) is 11.1 Å². The first-order valence-corrected chi connectivity index (χ1v) is 9.79. The molecule has 0 spiro atoms. The number of hydrogen-bond acceptors (Lipinski definition) is 2. The Morgan fingerprint density at radius 1 is 0.741 bits per heavy atom. The lowest BCUT2D eigenvalue weighted by atomic mass is 10.1. The molecule has 0 aliphatic heterocycles. The number of nitrogens with zero attached hydrogens (tertiary/aromatic N) is 2. The molecule has 4 nitrogen and oxygen atoms in total. The standard InChI is InChI=1S/C23H28N2O2/c1-3-24(16-18-11-7-5-8-12-18)22(26)20-15-21(20)23(27)25(4-2)17-19-13-9-6-10-14-19/h5-14,20-21H,3-4,15-17H2,1-2H3. The van der Waals surface area contributed by atoms with Crippen molar-refractivity contribution in [2.75, 3.05) is 13.1 Å². The van der Waals surface area contributed by atoms with E-state index in [1.807, 2.05) is 84.3 Å². The minimum Gasteiger partial charge on any atom is -0.338 e. The van der Waals surface area contributed by atoms with E-state index in [1.165, 1.54) is 0 Å². The molecule has 2 aromatic carbocycles. The second-order valence-electron chi connectivity index (χ2n) is 7.12. The maximum Gasteiger partial charge on any atom is 0.226 e. The summed E-state index contributed by atoms with van der Waals surface area (Å²) in [6.45, 7) is 6.52. The Labute approximate surface area is 161 Å². The first-order chi connectivity index (χ1) is 13.1. The van der Waals surface area contributed by atoms with Crippen molar-refractivity contribution < 1.29 is 9.59 Å². The third-order valence-corrected chi connectivity index (χ3v) is 5.24. The average Bonchev–Trinajstić information content (AvgIpc) is 3.51. The highest BCUT2D eigenvalue weighted by Crippen LogP contribution is 2.41. The van der Waals surface area contributed by atoms with Gasteiger partial charge in [-0.05, 0) is 31.4 Å². The lowest BCUT2D eigenvalue weighted by Crippen LogP contribution is -2.35. The van der Waals surface area contributed by atoms with Crippen LogP contribution in [-0.4, -0.2) is 34.7 Å². The van der Waals surface area contributed by atoms with E-state index in [4.69, 9.17) is 0 Å². The molecule has 1 aliphatic rings. The van der Waals surface area contributed by atoms with Crippen LogP contribution in [0.3, 0.4) is 0 Å². The van der Waals surface area contributed by atoms with E-state index in [9.17, 15) is 9.59 Å². The quantitative estimate of drug-likeness (QED) is 0.716. The highest BCUT2D eigenvalue weighted by atomic mass is 16.2. The molecule has 0 heterocycles. The molecule has 2 unspecified atom stereocenters. The van der Waals surface area contributed by atoms with Crippen LogP contribution in [0.5, 0.6) is 0 Å². The molecule has 0 bridgehead atoms. The monoisotopic (exact) mass is 364 g/mol. The number of hydrogen-bond donors (Lipinski definition) is 0. The number of benzene rings is 2. The number of carbonyl (C=O) groups excluding carboxylic acids is 2. The van der Waals surface area contributed by atoms with Gasteiger partial charge in [-0.15, -0.1) is 0 Å². The zero-order chi connectivity index (χ0) is 19.2. The van der Waals surface area contributed by atoms with Gasteiger partial charge >= 0.3 is 0 Å². The number of amides is 2. The van der Waals surface area contributed by atoms with Crippen molar-refractivity contribution in [2.45, 2.75) is 33.4 Å². The fourth-order valence-corrected chi connectivity index (χ4v) is 3.51. The summed E-state index contributed by atoms with van der Waals surface area (Å²) in [6, 6.07) is 20.0. The Morgan fingerprint density at radius 3 is 1.44 bits per heavy atom. The van der Waals surface area contributed by atoms with Crippen LogP contribution in [0.4, 0.5) is 0 Å². The van der Waals surface area contributed by atoms with E-state index in [2.05, 4.69) is 0 Å². The summed E-state index contributed by atoms with van der Waals surface area (Å²) in [7, 11) is 0. The first kappa shape index (κ1) is 19.2. The van der Waals surface area contributed by atoms with Crippen LogP contribution in [0.15, 0.2) is 60.7 Å². The molecule has 2 amide bonds. The van der Waals surface area contributed by atoms with Crippen LogP contribution in [-0.2, 0) is 22.7 Å². The first-order valence-electron chi connectivity index (χ1n) is 9.79. The second-order valence-corrected chi connectivity index (χ2v) is 7.12. The predicted octanol–water partition coefficient (Wildman–Crippen LogP) is 3.72. The maximum atomic E-state index is 12.9. The molecule has 0 radical (unpaired) electrons. The largest absolute Gasteiger partial charge is 0.338 e. The molecule has 2 atom stereocenters. The van der Waals surface area contributed by atoms with Gasteiger partial charge in [0.1, 0.15) is 0 Å². The molecule has 4 heteroatoms. The van der Waals surface area contributed by atoms with Gasteiger partial charge in [-0.2, -0.15) is 0 Å². The van der Waals surface area contributed by atoms with Gasteiger partial charge < -0.3 is 9.80 Å². The molecule has 1 fully saturated rings. The zero-order valence-electron chi connectivity index (χ0n) is 16.2. The minimum atomic E-state index is -0.161. The van der Waals surface area contributed by atoms with E-state index in [1.54, 1.807) is 0 Å². The third-order valence-electron chi connectivity index (χ3n) is 5.24. The van der Waals surface area contributed by atoms with Crippen molar-refractivity contribution in [3.63, 3.8) is 0 Å². The van der Waals surface area contributed by atoms with Gasteiger partial charge in [0.15, 0.2) is 0 Å². The lowest BCUT2D eigenvalue weighted by molar-refractivity contribution is -0.138. The molecule has 0 saturated heterocycles. The second kappa shape index (κ2) is 8.85. The van der Waals surface area contributed by atoms with E-state index < -0.39 is 0 Å². The summed E-state index contributed by atoms with van der Waals surface area (Å²) in [5.41, 5.74) is 2.24. The van der Waals surface area contributed by atoms with Gasteiger partial charge in [0.05, 0.1) is 11.8 Å². The normalized spacial score (nSPS) is 18.0. The maximum absolute atomic E-state index is 12.9. The van der Waals surface area contributed by atoms with Crippen molar-refractivity contribution in [3.05, 3.63) is 71.8 Å². The summed E-state index contributed by atoms with van der Waals surface area (Å²) < 4.78 is 0. The third kappa shape index (κ3) is 4.76. The van der Waals surface area contributed by atoms with Gasteiger partial charge in [0, 0.05) is 26.2 Å². The summed E-state index contributed by atoms with van der Waals surface area (Å²) in [4.78, 5) is 29.5. The van der Waals surface area contributed by atoms with Crippen molar-refractivity contribution in [2.24, 2.45) is 11.8 Å². The van der Waals surface area contributed by atoms with Gasteiger partial charge in [0.2, 0.25) is 11.8 Å². The lowest BCUT2D eigenvalue weighted by Gasteiger charge is -2.23. The average molecular weight is 364 g/mol. The van der Waals surface area contributed by atoms with Gasteiger partial charge in [0.25, 0.3) is 0 Å². The van der Waals surface area contributed by atoms with Crippen molar-refractivity contribution >= 4 is 11.8 Å². The molecule has 1 saturated carbocycles. The molecule has 2 aromatic rings. The highest BCUT2D eigenvalue weighted by Gasteiger charge is 2.50. The molecule has 3 rings (SSSR count). The van der Waals surface area contributed by atoms with Gasteiger partial charge in [-0.3, -0.25) is 9.59 Å². The Balaban J connectivity index is 1.59. The Hall–Kier alpha value is -2.62. The van der Waals surface area contributed by atoms with Crippen LogP contribution in [0.2, 0.25) is 0 Å². The molecule has 0 N–H and O–H groups in total. The summed E-state index contributed by atoms with van der Waals surface area (Å²) >= 11 is 0. The molecule has 1 aliphatic carbocycles. The topological polar surface area (TPSA) is 40.6 Å². The highest BCUT2D eigenvalue weighted by molar-refractivity contribution is 5.92. The fraction of sp³-hybridized carbons (Fsp3) is 0.391. The van der Waals surface area contributed by atoms with E-state index in [0.29, 0.717) is 32.6 Å².